The number of ether oxygens (including phenoxy) is 1. The number of aryl methyl sites for hydroxylation is 1. The van der Waals surface area contributed by atoms with E-state index in [-0.39, 0.29) is 18.3 Å². The molecule has 0 spiro atoms. The van der Waals surface area contributed by atoms with Gasteiger partial charge in [0.25, 0.3) is 5.91 Å². The number of amides is 1. The molecule has 0 radical (unpaired) electrons. The molecule has 2 aromatic rings. The van der Waals surface area contributed by atoms with Gasteiger partial charge in [-0.1, -0.05) is 12.1 Å². The number of aromatic nitrogens is 1. The molecular formula is C21H21F3N4O2. The first-order chi connectivity index (χ1) is 14.3. The Balaban J connectivity index is 1.77. The molecule has 1 aromatic heterocycles. The molecule has 2 heterocycles. The van der Waals surface area contributed by atoms with Gasteiger partial charge in [-0.25, -0.2) is 4.98 Å². The number of pyridine rings is 1. The molecule has 1 aromatic carbocycles. The molecule has 1 fully saturated rings. The molecule has 1 atom stereocenters. The first kappa shape index (κ1) is 21.7. The van der Waals surface area contributed by atoms with Crippen LogP contribution in [0, 0.1) is 18.3 Å². The Bertz CT molecular complexity index is 933. The highest BCUT2D eigenvalue weighted by atomic mass is 19.4. The number of hydrogen-bond acceptors (Lipinski definition) is 5. The monoisotopic (exact) mass is 418 g/mol. The first-order valence-corrected chi connectivity index (χ1v) is 9.44. The minimum Gasteiger partial charge on any atom is -0.379 e. The normalized spacial score (nSPS) is 16.0. The van der Waals surface area contributed by atoms with E-state index in [4.69, 9.17) is 10.00 Å². The number of nitriles is 1. The smallest absolute Gasteiger partial charge is 0.379 e. The number of morpholine rings is 1. The van der Waals surface area contributed by atoms with Crippen molar-refractivity contribution >= 4 is 5.91 Å². The summed E-state index contributed by atoms with van der Waals surface area (Å²) < 4.78 is 44.0. The summed E-state index contributed by atoms with van der Waals surface area (Å²) in [5, 5.41) is 11.8. The highest BCUT2D eigenvalue weighted by Crippen LogP contribution is 2.31. The average Bonchev–Trinajstić information content (AvgIpc) is 2.74. The number of halogens is 3. The van der Waals surface area contributed by atoms with Gasteiger partial charge in [0.15, 0.2) is 0 Å². The Kier molecular flexibility index (Phi) is 6.70. The Morgan fingerprint density at radius 3 is 2.47 bits per heavy atom. The maximum absolute atomic E-state index is 12.9. The topological polar surface area (TPSA) is 78.2 Å². The van der Waals surface area contributed by atoms with Crippen LogP contribution in [0.2, 0.25) is 0 Å². The second kappa shape index (κ2) is 9.24. The van der Waals surface area contributed by atoms with E-state index in [0.717, 1.165) is 12.1 Å². The van der Waals surface area contributed by atoms with E-state index in [0.29, 0.717) is 43.1 Å². The van der Waals surface area contributed by atoms with E-state index in [1.54, 1.807) is 6.92 Å². The number of carbonyl (C=O) groups excluding carboxylic acids is 1. The molecule has 1 aliphatic rings. The summed E-state index contributed by atoms with van der Waals surface area (Å²) in [6, 6.07) is 9.69. The number of benzene rings is 1. The summed E-state index contributed by atoms with van der Waals surface area (Å²) in [4.78, 5) is 18.8. The predicted octanol–water partition coefficient (Wildman–Crippen LogP) is 3.08. The lowest BCUT2D eigenvalue weighted by Crippen LogP contribution is -2.44. The van der Waals surface area contributed by atoms with Crippen molar-refractivity contribution in [2.75, 3.05) is 32.8 Å². The van der Waals surface area contributed by atoms with Gasteiger partial charge >= 0.3 is 6.18 Å². The molecule has 6 nitrogen and oxygen atoms in total. The van der Waals surface area contributed by atoms with Gasteiger partial charge in [0.2, 0.25) is 0 Å². The number of rotatable bonds is 5. The number of hydrogen-bond donors (Lipinski definition) is 1. The molecule has 158 valence electrons. The van der Waals surface area contributed by atoms with Gasteiger partial charge in [-0.05, 0) is 36.8 Å². The van der Waals surface area contributed by atoms with E-state index in [1.807, 2.05) is 6.07 Å². The van der Waals surface area contributed by atoms with Crippen molar-refractivity contribution in [2.24, 2.45) is 0 Å². The molecule has 1 aliphatic heterocycles. The van der Waals surface area contributed by atoms with Crippen molar-refractivity contribution in [2.45, 2.75) is 19.1 Å². The van der Waals surface area contributed by atoms with Crippen LogP contribution in [0.1, 0.15) is 38.9 Å². The van der Waals surface area contributed by atoms with E-state index in [2.05, 4.69) is 15.2 Å². The van der Waals surface area contributed by atoms with Gasteiger partial charge in [-0.3, -0.25) is 9.69 Å². The standard InChI is InChI=1S/C21H21F3N4O2/c1-14-16(12-25)4-7-18(27-14)20(29)26-13-19(28-8-10-30-11-9-28)15-2-5-17(6-3-15)21(22,23)24/h2-7,19H,8-11,13H2,1H3,(H,26,29). The molecule has 1 N–H and O–H groups in total. The van der Waals surface area contributed by atoms with Gasteiger partial charge in [0.05, 0.1) is 36.1 Å². The summed E-state index contributed by atoms with van der Waals surface area (Å²) in [5.41, 5.74) is 0.988. The fourth-order valence-corrected chi connectivity index (χ4v) is 3.33. The molecule has 0 bridgehead atoms. The van der Waals surface area contributed by atoms with Gasteiger partial charge < -0.3 is 10.1 Å². The molecule has 1 amide bonds. The molecule has 9 heteroatoms. The molecule has 1 unspecified atom stereocenters. The first-order valence-electron chi connectivity index (χ1n) is 9.44. The van der Waals surface area contributed by atoms with Crippen LogP contribution in [-0.4, -0.2) is 48.6 Å². The summed E-state index contributed by atoms with van der Waals surface area (Å²) in [6.45, 7) is 4.09. The fourth-order valence-electron chi connectivity index (χ4n) is 3.33. The van der Waals surface area contributed by atoms with Gasteiger partial charge in [-0.15, -0.1) is 0 Å². The van der Waals surface area contributed by atoms with Crippen molar-refractivity contribution in [1.29, 1.82) is 5.26 Å². The van der Waals surface area contributed by atoms with Crippen LogP contribution in [0.4, 0.5) is 13.2 Å². The molecular weight excluding hydrogens is 397 g/mol. The highest BCUT2D eigenvalue weighted by molar-refractivity contribution is 5.92. The summed E-state index contributed by atoms with van der Waals surface area (Å²) in [5.74, 6) is -0.409. The van der Waals surface area contributed by atoms with Crippen LogP contribution < -0.4 is 5.32 Å². The van der Waals surface area contributed by atoms with Crippen molar-refractivity contribution < 1.29 is 22.7 Å². The Labute approximate surface area is 172 Å². The molecule has 0 saturated carbocycles. The lowest BCUT2D eigenvalue weighted by Gasteiger charge is -2.35. The summed E-state index contributed by atoms with van der Waals surface area (Å²) in [6.07, 6.45) is -4.40. The van der Waals surface area contributed by atoms with Crippen LogP contribution in [-0.2, 0) is 10.9 Å². The third-order valence-electron chi connectivity index (χ3n) is 5.00. The zero-order chi connectivity index (χ0) is 21.7. The molecule has 1 saturated heterocycles. The van der Waals surface area contributed by atoms with E-state index < -0.39 is 17.6 Å². The molecule has 3 rings (SSSR count). The van der Waals surface area contributed by atoms with Crippen LogP contribution >= 0.6 is 0 Å². The number of alkyl halides is 3. The van der Waals surface area contributed by atoms with Crippen LogP contribution in [0.15, 0.2) is 36.4 Å². The van der Waals surface area contributed by atoms with Crippen LogP contribution in [0.3, 0.4) is 0 Å². The third-order valence-corrected chi connectivity index (χ3v) is 5.00. The minimum absolute atomic E-state index is 0.180. The second-order valence-electron chi connectivity index (χ2n) is 6.94. The lowest BCUT2D eigenvalue weighted by molar-refractivity contribution is -0.137. The van der Waals surface area contributed by atoms with Gasteiger partial charge in [-0.2, -0.15) is 18.4 Å². The second-order valence-corrected chi connectivity index (χ2v) is 6.94. The SMILES string of the molecule is Cc1nc(C(=O)NCC(c2ccc(C(F)(F)F)cc2)N2CCOCC2)ccc1C#N. The third kappa shape index (κ3) is 5.14. The van der Waals surface area contributed by atoms with Crippen molar-refractivity contribution in [1.82, 2.24) is 15.2 Å². The lowest BCUT2D eigenvalue weighted by atomic mass is 10.0. The number of carbonyl (C=O) groups is 1. The minimum atomic E-state index is -4.40. The zero-order valence-electron chi connectivity index (χ0n) is 16.4. The highest BCUT2D eigenvalue weighted by Gasteiger charge is 2.31. The van der Waals surface area contributed by atoms with Gasteiger partial charge in [0.1, 0.15) is 11.8 Å². The Morgan fingerprint density at radius 1 is 1.23 bits per heavy atom. The quantitative estimate of drug-likeness (QED) is 0.808. The van der Waals surface area contributed by atoms with Gasteiger partial charge in [0, 0.05) is 19.6 Å². The maximum atomic E-state index is 12.9. The number of nitrogens with one attached hydrogen (secondary N) is 1. The predicted molar refractivity (Wildman–Crippen MR) is 103 cm³/mol. The average molecular weight is 418 g/mol. The fraction of sp³-hybridized carbons (Fsp3) is 0.381. The van der Waals surface area contributed by atoms with Crippen molar-refractivity contribution in [3.8, 4) is 6.07 Å². The van der Waals surface area contributed by atoms with E-state index >= 15 is 0 Å². The summed E-state index contributed by atoms with van der Waals surface area (Å²) in [7, 11) is 0. The number of nitrogens with zero attached hydrogens (tertiary/aromatic N) is 3. The van der Waals surface area contributed by atoms with E-state index in [1.165, 1.54) is 24.3 Å². The van der Waals surface area contributed by atoms with E-state index in [9.17, 15) is 18.0 Å². The maximum Gasteiger partial charge on any atom is 0.416 e. The largest absolute Gasteiger partial charge is 0.416 e. The Hall–Kier alpha value is -2.96. The molecule has 0 aliphatic carbocycles. The van der Waals surface area contributed by atoms with Crippen LogP contribution in [0.25, 0.3) is 0 Å². The summed E-state index contributed by atoms with van der Waals surface area (Å²) >= 11 is 0. The molecule has 30 heavy (non-hydrogen) atoms. The van der Waals surface area contributed by atoms with Crippen LogP contribution in [0.5, 0.6) is 0 Å². The van der Waals surface area contributed by atoms with Crippen molar-refractivity contribution in [3.05, 3.63) is 64.5 Å². The van der Waals surface area contributed by atoms with Crippen molar-refractivity contribution in [3.63, 3.8) is 0 Å². The Morgan fingerprint density at radius 2 is 1.90 bits per heavy atom. The zero-order valence-corrected chi connectivity index (χ0v) is 16.4.